The van der Waals surface area contributed by atoms with E-state index in [0.29, 0.717) is 31.8 Å². The zero-order valence-electron chi connectivity index (χ0n) is 21.2. The molecule has 7 heteroatoms. The largest absolute Gasteiger partial charge is 0.496 e. The Bertz CT molecular complexity index is 1120. The smallest absolute Gasteiger partial charge is 0.223 e. The molecule has 3 rings (SSSR count). The highest BCUT2D eigenvalue weighted by atomic mass is 32.2. The number of benzene rings is 2. The Labute approximate surface area is 204 Å². The fourth-order valence-corrected chi connectivity index (χ4v) is 6.27. The van der Waals surface area contributed by atoms with Crippen LogP contribution in [0.4, 0.5) is 0 Å². The van der Waals surface area contributed by atoms with Crippen molar-refractivity contribution < 1.29 is 17.9 Å². The van der Waals surface area contributed by atoms with Crippen LogP contribution in [0.15, 0.2) is 36.4 Å². The van der Waals surface area contributed by atoms with Gasteiger partial charge in [-0.2, -0.15) is 0 Å². The molecule has 1 N–H and O–H groups in total. The number of nitrogens with one attached hydrogen (secondary N) is 1. The van der Waals surface area contributed by atoms with Crippen molar-refractivity contribution in [2.75, 3.05) is 20.2 Å². The van der Waals surface area contributed by atoms with Crippen LogP contribution in [0.25, 0.3) is 0 Å². The van der Waals surface area contributed by atoms with Crippen LogP contribution in [0, 0.1) is 19.8 Å². The Morgan fingerprint density at radius 3 is 2.35 bits per heavy atom. The van der Waals surface area contributed by atoms with E-state index in [4.69, 9.17) is 4.74 Å². The maximum Gasteiger partial charge on any atom is 0.223 e. The van der Waals surface area contributed by atoms with Crippen molar-refractivity contribution in [1.29, 1.82) is 0 Å². The second kappa shape index (κ2) is 10.9. The van der Waals surface area contributed by atoms with Gasteiger partial charge in [-0.05, 0) is 73.9 Å². The summed E-state index contributed by atoms with van der Waals surface area (Å²) in [5.41, 5.74) is 5.12. The van der Waals surface area contributed by atoms with Crippen LogP contribution in [0.5, 0.6) is 5.75 Å². The molecule has 1 saturated heterocycles. The molecule has 6 nitrogen and oxygen atoms in total. The maximum absolute atomic E-state index is 13.0. The fourth-order valence-electron chi connectivity index (χ4n) is 4.72. The van der Waals surface area contributed by atoms with E-state index in [0.717, 1.165) is 33.6 Å². The van der Waals surface area contributed by atoms with Gasteiger partial charge < -0.3 is 10.1 Å². The Morgan fingerprint density at radius 2 is 1.76 bits per heavy atom. The third-order valence-electron chi connectivity index (χ3n) is 6.72. The number of methoxy groups -OCH3 is 1. The molecule has 0 radical (unpaired) electrons. The van der Waals surface area contributed by atoms with Gasteiger partial charge in [0.25, 0.3) is 0 Å². The first-order valence-electron chi connectivity index (χ1n) is 12.0. The van der Waals surface area contributed by atoms with Crippen LogP contribution >= 0.6 is 0 Å². The topological polar surface area (TPSA) is 75.7 Å². The quantitative estimate of drug-likeness (QED) is 0.578. The molecule has 1 aliphatic rings. The lowest BCUT2D eigenvalue weighted by atomic mass is 9.92. The number of aryl methyl sites for hydroxylation is 2. The van der Waals surface area contributed by atoms with Gasteiger partial charge in [-0.25, -0.2) is 12.7 Å². The first-order chi connectivity index (χ1) is 16.0. The van der Waals surface area contributed by atoms with Crippen LogP contribution in [-0.2, 0) is 20.6 Å². The molecule has 2 aromatic carbocycles. The van der Waals surface area contributed by atoms with Crippen molar-refractivity contribution in [2.45, 2.75) is 65.2 Å². The summed E-state index contributed by atoms with van der Waals surface area (Å²) in [4.78, 5) is 13.0. The normalized spacial score (nSPS) is 16.4. The van der Waals surface area contributed by atoms with Crippen molar-refractivity contribution in [3.8, 4) is 5.75 Å². The van der Waals surface area contributed by atoms with Crippen LogP contribution in [0.1, 0.15) is 73.4 Å². The second-order valence-corrected chi connectivity index (χ2v) is 11.7. The summed E-state index contributed by atoms with van der Waals surface area (Å²) in [5, 5.41) is 3.16. The molecule has 2 aromatic rings. The molecule has 186 valence electrons. The fraction of sp³-hybridized carbons (Fsp3) is 0.519. The number of piperidine rings is 1. The highest BCUT2D eigenvalue weighted by Gasteiger charge is 2.32. The summed E-state index contributed by atoms with van der Waals surface area (Å²) >= 11 is 0. The van der Waals surface area contributed by atoms with Gasteiger partial charge in [0.1, 0.15) is 5.75 Å². The zero-order chi connectivity index (χ0) is 25.0. The van der Waals surface area contributed by atoms with Gasteiger partial charge >= 0.3 is 0 Å². The lowest BCUT2D eigenvalue weighted by molar-refractivity contribution is -0.126. The van der Waals surface area contributed by atoms with Gasteiger partial charge in [-0.15, -0.1) is 0 Å². The highest BCUT2D eigenvalue weighted by Crippen LogP contribution is 2.32. The number of hydrogen-bond donors (Lipinski definition) is 1. The highest BCUT2D eigenvalue weighted by molar-refractivity contribution is 7.88. The lowest BCUT2D eigenvalue weighted by Gasteiger charge is -2.31. The summed E-state index contributed by atoms with van der Waals surface area (Å²) in [5.74, 6) is 0.982. The van der Waals surface area contributed by atoms with Crippen molar-refractivity contribution >= 4 is 15.9 Å². The molecule has 1 aliphatic heterocycles. The summed E-state index contributed by atoms with van der Waals surface area (Å²) in [6, 6.07) is 11.6. The molecule has 34 heavy (non-hydrogen) atoms. The molecule has 0 spiro atoms. The number of sulfonamides is 1. The summed E-state index contributed by atoms with van der Waals surface area (Å²) in [7, 11) is -1.72. The van der Waals surface area contributed by atoms with Crippen LogP contribution in [-0.4, -0.2) is 38.8 Å². The Kier molecular flexibility index (Phi) is 8.42. The van der Waals surface area contributed by atoms with Gasteiger partial charge in [-0.1, -0.05) is 43.7 Å². The minimum absolute atomic E-state index is 0.00247. The molecule has 0 bridgehead atoms. The number of hydrogen-bond acceptors (Lipinski definition) is 4. The van der Waals surface area contributed by atoms with Gasteiger partial charge in [0, 0.05) is 19.0 Å². The average molecular weight is 487 g/mol. The molecule has 1 fully saturated rings. The van der Waals surface area contributed by atoms with E-state index in [9.17, 15) is 13.2 Å². The van der Waals surface area contributed by atoms with E-state index in [1.54, 1.807) is 7.11 Å². The monoisotopic (exact) mass is 486 g/mol. The van der Waals surface area contributed by atoms with Crippen molar-refractivity contribution in [3.05, 3.63) is 64.2 Å². The van der Waals surface area contributed by atoms with Crippen LogP contribution in [0.2, 0.25) is 0 Å². The van der Waals surface area contributed by atoms with E-state index in [-0.39, 0.29) is 23.6 Å². The summed E-state index contributed by atoms with van der Waals surface area (Å²) in [6.07, 6.45) is 1.06. The van der Waals surface area contributed by atoms with E-state index < -0.39 is 10.0 Å². The molecule has 1 amide bonds. The van der Waals surface area contributed by atoms with Gasteiger partial charge in [0.15, 0.2) is 0 Å². The molecule has 0 aromatic heterocycles. The second-order valence-electron chi connectivity index (χ2n) is 9.75. The maximum atomic E-state index is 13.0. The van der Waals surface area contributed by atoms with Gasteiger partial charge in [0.05, 0.1) is 18.9 Å². The number of amides is 1. The minimum Gasteiger partial charge on any atom is -0.496 e. The van der Waals surface area contributed by atoms with Crippen molar-refractivity contribution in [3.63, 3.8) is 0 Å². The number of carbonyl (C=O) groups excluding carboxylic acids is 1. The zero-order valence-corrected chi connectivity index (χ0v) is 22.0. The van der Waals surface area contributed by atoms with Gasteiger partial charge in [0.2, 0.25) is 15.9 Å². The van der Waals surface area contributed by atoms with Gasteiger partial charge in [-0.3, -0.25) is 4.79 Å². The predicted molar refractivity (Wildman–Crippen MR) is 136 cm³/mol. The summed E-state index contributed by atoms with van der Waals surface area (Å²) in [6.45, 7) is 11.0. The molecular weight excluding hydrogens is 448 g/mol. The Balaban J connectivity index is 1.61. The Hall–Kier alpha value is -2.38. The van der Waals surface area contributed by atoms with E-state index in [1.165, 1.54) is 4.31 Å². The first kappa shape index (κ1) is 26.2. The van der Waals surface area contributed by atoms with Crippen LogP contribution < -0.4 is 10.1 Å². The molecule has 0 saturated carbocycles. The van der Waals surface area contributed by atoms with E-state index >= 15 is 0 Å². The molecule has 1 unspecified atom stereocenters. The SMILES string of the molecule is COc1cc(C)c(C(C)NC(=O)C2CCN(S(=O)(=O)Cc3cccc(C)c3)CC2)cc1C(C)C. The average Bonchev–Trinajstić information content (AvgIpc) is 2.78. The third kappa shape index (κ3) is 6.19. The summed E-state index contributed by atoms with van der Waals surface area (Å²) < 4.78 is 32.9. The predicted octanol–water partition coefficient (Wildman–Crippen LogP) is 4.85. The molecule has 0 aliphatic carbocycles. The molecule has 1 heterocycles. The van der Waals surface area contributed by atoms with E-state index in [2.05, 4.69) is 25.2 Å². The lowest BCUT2D eigenvalue weighted by Crippen LogP contribution is -2.43. The number of carbonyl (C=O) groups is 1. The number of rotatable bonds is 8. The van der Waals surface area contributed by atoms with Crippen molar-refractivity contribution in [2.24, 2.45) is 5.92 Å². The van der Waals surface area contributed by atoms with Crippen molar-refractivity contribution in [1.82, 2.24) is 9.62 Å². The standard InChI is InChI=1S/C27H38N2O4S/c1-18(2)24-16-25(20(4)15-26(24)33-6)21(5)28-27(30)23-10-12-29(13-11-23)34(31,32)17-22-9-7-8-19(3)14-22/h7-9,14-16,18,21,23H,10-13,17H2,1-6H3,(H,28,30). The van der Waals surface area contributed by atoms with E-state index in [1.807, 2.05) is 51.1 Å². The molecule has 1 atom stereocenters. The van der Waals surface area contributed by atoms with Crippen LogP contribution in [0.3, 0.4) is 0 Å². The molecular formula is C27H38N2O4S. The number of nitrogens with zero attached hydrogens (tertiary/aromatic N) is 1. The first-order valence-corrected chi connectivity index (χ1v) is 13.6. The minimum atomic E-state index is -3.40. The third-order valence-corrected chi connectivity index (χ3v) is 8.57. The Morgan fingerprint density at radius 1 is 1.09 bits per heavy atom. The number of ether oxygens (including phenoxy) is 1.